The fourth-order valence-corrected chi connectivity index (χ4v) is 2.38. The van der Waals surface area contributed by atoms with E-state index in [0.29, 0.717) is 12.3 Å². The van der Waals surface area contributed by atoms with Gasteiger partial charge in [0, 0.05) is 0 Å². The van der Waals surface area contributed by atoms with E-state index in [9.17, 15) is 4.79 Å². The Labute approximate surface area is 124 Å². The normalized spacial score (nSPS) is 16.4. The van der Waals surface area contributed by atoms with E-state index in [1.165, 1.54) is 5.56 Å². The number of carbonyl (C=O) groups excluding carboxylic acids is 1. The molecule has 0 atom stereocenters. The topological polar surface area (TPSA) is 44.7 Å². The van der Waals surface area contributed by atoms with Crippen LogP contribution in [0.25, 0.3) is 0 Å². The van der Waals surface area contributed by atoms with Crippen molar-refractivity contribution in [2.24, 2.45) is 4.99 Å². The molecule has 0 saturated carbocycles. The fraction of sp³-hybridized carbons (Fsp3) is 0.176. The van der Waals surface area contributed by atoms with Gasteiger partial charge in [-0.3, -0.25) is 10.2 Å². The zero-order valence-electron chi connectivity index (χ0n) is 12.1. The molecular formula is C17H17N3O. The molecule has 0 radical (unpaired) electrons. The minimum absolute atomic E-state index is 0.00437. The van der Waals surface area contributed by atoms with Gasteiger partial charge in [0.05, 0.1) is 17.8 Å². The van der Waals surface area contributed by atoms with Gasteiger partial charge >= 0.3 is 0 Å². The lowest BCUT2D eigenvalue weighted by Crippen LogP contribution is -2.35. The quantitative estimate of drug-likeness (QED) is 0.917. The van der Waals surface area contributed by atoms with Crippen molar-refractivity contribution in [3.8, 4) is 0 Å². The summed E-state index contributed by atoms with van der Waals surface area (Å²) in [5, 5.41) is 1.54. The summed E-state index contributed by atoms with van der Waals surface area (Å²) in [4.78, 5) is 16.7. The molecule has 21 heavy (non-hydrogen) atoms. The zero-order chi connectivity index (χ0) is 14.8. The Morgan fingerprint density at radius 3 is 2.57 bits per heavy atom. The molecule has 0 unspecified atom stereocenters. The minimum atomic E-state index is 0.00437. The number of nitrogens with one attached hydrogen (secondary N) is 1. The summed E-state index contributed by atoms with van der Waals surface area (Å²) in [6.45, 7) is 4.08. The smallest absolute Gasteiger partial charge is 0.253 e. The van der Waals surface area contributed by atoms with Crippen LogP contribution in [-0.2, 0) is 4.79 Å². The van der Waals surface area contributed by atoms with Gasteiger partial charge in [-0.2, -0.15) is 0 Å². The van der Waals surface area contributed by atoms with Crippen LogP contribution >= 0.6 is 0 Å². The largest absolute Gasteiger partial charge is 0.278 e. The molecule has 0 aromatic heterocycles. The second-order valence-electron chi connectivity index (χ2n) is 5.20. The van der Waals surface area contributed by atoms with Crippen LogP contribution in [0.3, 0.4) is 0 Å². The van der Waals surface area contributed by atoms with Gasteiger partial charge in [0.25, 0.3) is 5.91 Å². The third kappa shape index (κ3) is 2.79. The van der Waals surface area contributed by atoms with E-state index in [1.54, 1.807) is 5.01 Å². The second kappa shape index (κ2) is 5.40. The number of hydrogen-bond acceptors (Lipinski definition) is 2. The number of nitrogens with zero attached hydrogens (tertiary/aromatic N) is 2. The van der Waals surface area contributed by atoms with E-state index >= 15 is 0 Å². The molecule has 1 amide bonds. The van der Waals surface area contributed by atoms with Crippen molar-refractivity contribution in [3.05, 3.63) is 59.7 Å². The number of amidine groups is 1. The number of amides is 1. The molecule has 4 heteroatoms. The zero-order valence-corrected chi connectivity index (χ0v) is 12.1. The number of hydrazine groups is 1. The summed E-state index contributed by atoms with van der Waals surface area (Å²) in [6.07, 6.45) is 0.294. The van der Waals surface area contributed by atoms with Crippen molar-refractivity contribution < 1.29 is 4.79 Å². The minimum Gasteiger partial charge on any atom is -0.278 e. The lowest BCUT2D eigenvalue weighted by atomic mass is 10.1. The maximum atomic E-state index is 12.1. The predicted molar refractivity (Wildman–Crippen MR) is 84.7 cm³/mol. The summed E-state index contributed by atoms with van der Waals surface area (Å²) >= 11 is 0. The molecule has 1 aliphatic heterocycles. The molecule has 1 aliphatic rings. The molecule has 106 valence electrons. The summed E-state index contributed by atoms with van der Waals surface area (Å²) < 4.78 is 0. The number of carbonyl (C=O) groups is 1. The molecule has 4 nitrogen and oxygen atoms in total. The SMILES string of the molecule is Cc1ccc(N=C2CC(=O)N(c3ccccc3)N2)c(C)c1. The molecule has 2 aromatic carbocycles. The number of hydrogen-bond donors (Lipinski definition) is 1. The molecule has 1 heterocycles. The highest BCUT2D eigenvalue weighted by atomic mass is 16.2. The Morgan fingerprint density at radius 2 is 1.86 bits per heavy atom. The van der Waals surface area contributed by atoms with Gasteiger partial charge in [-0.05, 0) is 37.6 Å². The average molecular weight is 279 g/mol. The van der Waals surface area contributed by atoms with Crippen molar-refractivity contribution >= 4 is 23.1 Å². The van der Waals surface area contributed by atoms with Crippen LogP contribution in [0.2, 0.25) is 0 Å². The Balaban J connectivity index is 1.86. The van der Waals surface area contributed by atoms with Crippen LogP contribution in [0.5, 0.6) is 0 Å². The van der Waals surface area contributed by atoms with E-state index in [4.69, 9.17) is 0 Å². The van der Waals surface area contributed by atoms with Gasteiger partial charge in [-0.15, -0.1) is 0 Å². The third-order valence-electron chi connectivity index (χ3n) is 3.43. The van der Waals surface area contributed by atoms with Gasteiger partial charge < -0.3 is 0 Å². The van der Waals surface area contributed by atoms with Crippen molar-refractivity contribution in [2.45, 2.75) is 20.3 Å². The molecule has 1 saturated heterocycles. The molecule has 1 N–H and O–H groups in total. The number of para-hydroxylation sites is 1. The first kappa shape index (κ1) is 13.4. The number of anilines is 1. The number of benzene rings is 2. The van der Waals surface area contributed by atoms with Crippen molar-refractivity contribution in [3.63, 3.8) is 0 Å². The molecule has 0 spiro atoms. The summed E-state index contributed by atoms with van der Waals surface area (Å²) in [5.74, 6) is 0.681. The lowest BCUT2D eigenvalue weighted by molar-refractivity contribution is -0.116. The first-order valence-electron chi connectivity index (χ1n) is 6.93. The molecule has 2 aromatic rings. The van der Waals surface area contributed by atoms with Gasteiger partial charge in [0.2, 0.25) is 0 Å². The Bertz CT molecular complexity index is 707. The van der Waals surface area contributed by atoms with Gasteiger partial charge in [-0.25, -0.2) is 10.0 Å². The van der Waals surface area contributed by atoms with Crippen LogP contribution < -0.4 is 10.4 Å². The molecule has 0 bridgehead atoms. The van der Waals surface area contributed by atoms with E-state index in [0.717, 1.165) is 16.9 Å². The first-order valence-corrected chi connectivity index (χ1v) is 6.93. The summed E-state index contributed by atoms with van der Waals surface area (Å²) in [6, 6.07) is 15.6. The van der Waals surface area contributed by atoms with Crippen molar-refractivity contribution in [1.82, 2.24) is 5.43 Å². The van der Waals surface area contributed by atoms with Gasteiger partial charge in [0.15, 0.2) is 0 Å². The van der Waals surface area contributed by atoms with Crippen LogP contribution in [0.15, 0.2) is 53.5 Å². The van der Waals surface area contributed by atoms with Crippen molar-refractivity contribution in [2.75, 3.05) is 5.01 Å². The van der Waals surface area contributed by atoms with Crippen molar-refractivity contribution in [1.29, 1.82) is 0 Å². The van der Waals surface area contributed by atoms with Crippen LogP contribution in [-0.4, -0.2) is 11.7 Å². The molecule has 0 aliphatic carbocycles. The van der Waals surface area contributed by atoms with Crippen LogP contribution in [0.4, 0.5) is 11.4 Å². The maximum Gasteiger partial charge on any atom is 0.253 e. The highest BCUT2D eigenvalue weighted by Crippen LogP contribution is 2.22. The Morgan fingerprint density at radius 1 is 1.10 bits per heavy atom. The summed E-state index contributed by atoms with van der Waals surface area (Å²) in [7, 11) is 0. The third-order valence-corrected chi connectivity index (χ3v) is 3.43. The fourth-order valence-electron chi connectivity index (χ4n) is 2.38. The number of rotatable bonds is 2. The highest BCUT2D eigenvalue weighted by molar-refractivity contribution is 6.14. The van der Waals surface area contributed by atoms with E-state index in [1.807, 2.05) is 49.4 Å². The number of aliphatic imine (C=N–C) groups is 1. The standard InChI is InChI=1S/C17H17N3O/c1-12-8-9-15(13(2)10-12)18-16-11-17(21)20(19-16)14-6-4-3-5-7-14/h3-10H,11H2,1-2H3,(H,18,19). The Kier molecular flexibility index (Phi) is 3.44. The van der Waals surface area contributed by atoms with Crippen LogP contribution in [0, 0.1) is 13.8 Å². The highest BCUT2D eigenvalue weighted by Gasteiger charge is 2.26. The first-order chi connectivity index (χ1) is 10.1. The van der Waals surface area contributed by atoms with Gasteiger partial charge in [-0.1, -0.05) is 35.9 Å². The lowest BCUT2D eigenvalue weighted by Gasteiger charge is -2.15. The van der Waals surface area contributed by atoms with Crippen LogP contribution in [0.1, 0.15) is 17.5 Å². The maximum absolute atomic E-state index is 12.1. The predicted octanol–water partition coefficient (Wildman–Crippen LogP) is 3.27. The number of aryl methyl sites for hydroxylation is 2. The monoisotopic (exact) mass is 279 g/mol. The second-order valence-corrected chi connectivity index (χ2v) is 5.20. The molecule has 1 fully saturated rings. The summed E-state index contributed by atoms with van der Waals surface area (Å²) in [5.41, 5.74) is 7.12. The van der Waals surface area contributed by atoms with Gasteiger partial charge in [0.1, 0.15) is 5.84 Å². The Hall–Kier alpha value is -2.62. The average Bonchev–Trinajstić information content (AvgIpc) is 2.84. The molecule has 3 rings (SSSR count). The molecular weight excluding hydrogens is 262 g/mol. The van der Waals surface area contributed by atoms with E-state index in [2.05, 4.69) is 23.4 Å². The van der Waals surface area contributed by atoms with E-state index < -0.39 is 0 Å². The van der Waals surface area contributed by atoms with E-state index in [-0.39, 0.29) is 5.91 Å².